The number of carboxylic acid groups (broad SMARTS) is 1. The van der Waals surface area contributed by atoms with Crippen LogP contribution in [-0.4, -0.2) is 65.0 Å². The Bertz CT molecular complexity index is 912. The van der Waals surface area contributed by atoms with Gasteiger partial charge in [0.25, 0.3) is 0 Å². The lowest BCUT2D eigenvalue weighted by molar-refractivity contribution is -0.122. The number of ether oxygens (including phenoxy) is 1. The van der Waals surface area contributed by atoms with Crippen molar-refractivity contribution >= 4 is 58.2 Å². The highest BCUT2D eigenvalue weighted by Crippen LogP contribution is 2.24. The molecule has 2 heterocycles. The second-order valence-electron chi connectivity index (χ2n) is 7.04. The zero-order chi connectivity index (χ0) is 22.2. The SMILES string of the molecule is O=C(CCCSc1nc(C(=O)O)cs1)NCC1CN(Cc2ccc(Cl)c(Cl)c2)CCO1. The van der Waals surface area contributed by atoms with Crippen LogP contribution in [0.4, 0.5) is 0 Å². The van der Waals surface area contributed by atoms with Gasteiger partial charge in [0.15, 0.2) is 10.0 Å². The molecule has 1 aliphatic heterocycles. The third-order valence-electron chi connectivity index (χ3n) is 4.62. The molecule has 1 aliphatic rings. The smallest absolute Gasteiger partial charge is 0.355 e. The fourth-order valence-electron chi connectivity index (χ4n) is 3.07. The van der Waals surface area contributed by atoms with Crippen molar-refractivity contribution in [2.24, 2.45) is 0 Å². The highest BCUT2D eigenvalue weighted by Gasteiger charge is 2.21. The Labute approximate surface area is 199 Å². The summed E-state index contributed by atoms with van der Waals surface area (Å²) in [4.78, 5) is 29.2. The standard InChI is InChI=1S/C20H23Cl2N3O4S2/c21-15-4-3-13(8-16(15)22)10-25-5-6-29-14(11-25)9-23-18(26)2-1-7-30-20-24-17(12-31-20)19(27)28/h3-4,8,12,14H,1-2,5-7,9-11H2,(H,23,26)(H,27,28). The summed E-state index contributed by atoms with van der Waals surface area (Å²) in [6.07, 6.45) is 1.04. The number of nitrogens with one attached hydrogen (secondary N) is 1. The van der Waals surface area contributed by atoms with Crippen LogP contribution < -0.4 is 5.32 Å². The van der Waals surface area contributed by atoms with E-state index in [9.17, 15) is 9.59 Å². The van der Waals surface area contributed by atoms with Crippen molar-refractivity contribution in [3.8, 4) is 0 Å². The number of hydrogen-bond donors (Lipinski definition) is 2. The van der Waals surface area contributed by atoms with Crippen LogP contribution in [0, 0.1) is 0 Å². The summed E-state index contributed by atoms with van der Waals surface area (Å²) in [5.74, 6) is -0.337. The summed E-state index contributed by atoms with van der Waals surface area (Å²) in [7, 11) is 0. The Morgan fingerprint density at radius 2 is 2.19 bits per heavy atom. The molecular weight excluding hydrogens is 481 g/mol. The van der Waals surface area contributed by atoms with E-state index in [1.54, 1.807) is 6.07 Å². The van der Waals surface area contributed by atoms with Gasteiger partial charge in [-0.25, -0.2) is 9.78 Å². The highest BCUT2D eigenvalue weighted by atomic mass is 35.5. The molecule has 1 saturated heterocycles. The number of morpholine rings is 1. The molecule has 0 saturated carbocycles. The number of carbonyl (C=O) groups excluding carboxylic acids is 1. The van der Waals surface area contributed by atoms with Gasteiger partial charge in [-0.2, -0.15) is 0 Å². The molecule has 3 rings (SSSR count). The van der Waals surface area contributed by atoms with Crippen LogP contribution in [0.5, 0.6) is 0 Å². The number of hydrogen-bond acceptors (Lipinski definition) is 7. The number of nitrogens with zero attached hydrogens (tertiary/aromatic N) is 2. The van der Waals surface area contributed by atoms with Gasteiger partial charge < -0.3 is 15.2 Å². The number of benzene rings is 1. The van der Waals surface area contributed by atoms with Gasteiger partial charge in [-0.3, -0.25) is 9.69 Å². The van der Waals surface area contributed by atoms with Crippen LogP contribution in [0.15, 0.2) is 27.9 Å². The number of thiazole rings is 1. The molecule has 2 aromatic rings. The maximum Gasteiger partial charge on any atom is 0.355 e. The Morgan fingerprint density at radius 3 is 2.94 bits per heavy atom. The van der Waals surface area contributed by atoms with E-state index < -0.39 is 5.97 Å². The first-order valence-corrected chi connectivity index (χ1v) is 12.4. The van der Waals surface area contributed by atoms with Crippen LogP contribution in [-0.2, 0) is 16.1 Å². The minimum absolute atomic E-state index is 0.0174. The van der Waals surface area contributed by atoms with Gasteiger partial charge in [-0.05, 0) is 24.1 Å². The Balaban J connectivity index is 1.32. The first kappa shape index (κ1) is 24.3. The average molecular weight is 504 g/mol. The van der Waals surface area contributed by atoms with Crippen molar-refractivity contribution in [3.05, 3.63) is 44.9 Å². The summed E-state index contributed by atoms with van der Waals surface area (Å²) in [5, 5.41) is 14.4. The van der Waals surface area contributed by atoms with Crippen molar-refractivity contribution in [3.63, 3.8) is 0 Å². The number of aromatic nitrogens is 1. The topological polar surface area (TPSA) is 91.8 Å². The fourth-order valence-corrected chi connectivity index (χ4v) is 5.20. The molecule has 0 aliphatic carbocycles. The zero-order valence-electron chi connectivity index (χ0n) is 16.7. The molecule has 1 unspecified atom stereocenters. The first-order valence-electron chi connectivity index (χ1n) is 9.77. The molecule has 1 aromatic heterocycles. The molecule has 0 radical (unpaired) electrons. The van der Waals surface area contributed by atoms with Crippen molar-refractivity contribution in [1.29, 1.82) is 0 Å². The molecule has 0 bridgehead atoms. The number of carbonyl (C=O) groups is 2. The fraction of sp³-hybridized carbons (Fsp3) is 0.450. The molecule has 1 aromatic carbocycles. The predicted octanol–water partition coefficient (Wildman–Crippen LogP) is 4.04. The molecule has 1 atom stereocenters. The van der Waals surface area contributed by atoms with Crippen LogP contribution in [0.25, 0.3) is 0 Å². The minimum Gasteiger partial charge on any atom is -0.476 e. The van der Waals surface area contributed by atoms with E-state index in [1.165, 1.54) is 28.5 Å². The number of aromatic carboxylic acids is 1. The van der Waals surface area contributed by atoms with E-state index in [4.69, 9.17) is 33.0 Å². The molecule has 31 heavy (non-hydrogen) atoms. The predicted molar refractivity (Wildman–Crippen MR) is 124 cm³/mol. The normalized spacial score (nSPS) is 16.9. The van der Waals surface area contributed by atoms with Gasteiger partial charge in [0, 0.05) is 43.7 Å². The maximum atomic E-state index is 12.1. The third-order valence-corrected chi connectivity index (χ3v) is 7.46. The monoisotopic (exact) mass is 503 g/mol. The van der Waals surface area contributed by atoms with Crippen LogP contribution >= 0.6 is 46.3 Å². The van der Waals surface area contributed by atoms with Crippen LogP contribution in [0.1, 0.15) is 28.9 Å². The summed E-state index contributed by atoms with van der Waals surface area (Å²) in [5.41, 5.74) is 1.15. The van der Waals surface area contributed by atoms with E-state index in [2.05, 4.69) is 15.2 Å². The number of thioether (sulfide) groups is 1. The molecule has 0 spiro atoms. The highest BCUT2D eigenvalue weighted by molar-refractivity contribution is 8.01. The zero-order valence-corrected chi connectivity index (χ0v) is 19.8. The average Bonchev–Trinajstić information content (AvgIpc) is 3.22. The van der Waals surface area contributed by atoms with Crippen LogP contribution in [0.3, 0.4) is 0 Å². The molecule has 1 amide bonds. The van der Waals surface area contributed by atoms with Gasteiger partial charge in [-0.1, -0.05) is 41.0 Å². The number of rotatable bonds is 10. The van der Waals surface area contributed by atoms with Crippen molar-refractivity contribution in [1.82, 2.24) is 15.2 Å². The number of carboxylic acids is 1. The summed E-state index contributed by atoms with van der Waals surface area (Å²) in [6, 6.07) is 5.64. The summed E-state index contributed by atoms with van der Waals surface area (Å²) >= 11 is 14.8. The Morgan fingerprint density at radius 1 is 1.35 bits per heavy atom. The molecule has 168 valence electrons. The van der Waals surface area contributed by atoms with E-state index in [0.717, 1.165) is 25.2 Å². The van der Waals surface area contributed by atoms with Gasteiger partial charge in [0.2, 0.25) is 5.91 Å². The second-order valence-corrected chi connectivity index (χ2v) is 10.1. The summed E-state index contributed by atoms with van der Waals surface area (Å²) < 4.78 is 6.49. The molecule has 7 nitrogen and oxygen atoms in total. The first-order chi connectivity index (χ1) is 14.9. The lowest BCUT2D eigenvalue weighted by atomic mass is 10.2. The van der Waals surface area contributed by atoms with Gasteiger partial charge in [0.1, 0.15) is 0 Å². The third kappa shape index (κ3) is 7.93. The van der Waals surface area contributed by atoms with E-state index in [0.29, 0.717) is 46.1 Å². The van der Waals surface area contributed by atoms with E-state index in [1.807, 2.05) is 12.1 Å². The molecular formula is C20H23Cl2N3O4S2. The Hall–Kier alpha value is -1.36. The van der Waals surface area contributed by atoms with Gasteiger partial charge in [-0.15, -0.1) is 11.3 Å². The second kappa shape index (κ2) is 12.0. The lowest BCUT2D eigenvalue weighted by Crippen LogP contribution is -2.47. The minimum atomic E-state index is -1.03. The van der Waals surface area contributed by atoms with Crippen molar-refractivity contribution in [2.75, 3.05) is 32.0 Å². The lowest BCUT2D eigenvalue weighted by Gasteiger charge is -2.33. The molecule has 1 fully saturated rings. The van der Waals surface area contributed by atoms with E-state index >= 15 is 0 Å². The molecule has 11 heteroatoms. The number of halogens is 2. The summed E-state index contributed by atoms with van der Waals surface area (Å²) in [6.45, 7) is 3.39. The largest absolute Gasteiger partial charge is 0.476 e. The maximum absolute atomic E-state index is 12.1. The van der Waals surface area contributed by atoms with Crippen molar-refractivity contribution in [2.45, 2.75) is 29.8 Å². The quantitative estimate of drug-likeness (QED) is 0.373. The molecule has 2 N–H and O–H groups in total. The Kier molecular flexibility index (Phi) is 9.43. The van der Waals surface area contributed by atoms with Crippen LogP contribution in [0.2, 0.25) is 10.0 Å². The van der Waals surface area contributed by atoms with Gasteiger partial charge in [0.05, 0.1) is 22.8 Å². The number of amides is 1. The van der Waals surface area contributed by atoms with Crippen molar-refractivity contribution < 1.29 is 19.4 Å². The van der Waals surface area contributed by atoms with Gasteiger partial charge >= 0.3 is 5.97 Å². The van der Waals surface area contributed by atoms with E-state index in [-0.39, 0.29) is 17.7 Å².